The van der Waals surface area contributed by atoms with E-state index in [-0.39, 0.29) is 0 Å². The number of fused-ring (bicyclic) bond motifs is 1. The minimum Gasteiger partial charge on any atom is -0.497 e. The number of nitrogens with one attached hydrogen (secondary N) is 1. The van der Waals surface area contributed by atoms with Crippen LogP contribution in [0.5, 0.6) is 5.75 Å². The molecule has 0 bridgehead atoms. The van der Waals surface area contributed by atoms with Gasteiger partial charge in [0.05, 0.1) is 17.3 Å². The number of benzene rings is 1. The number of hydrogen-bond donors (Lipinski definition) is 1. The third-order valence-electron chi connectivity index (χ3n) is 3.28. The van der Waals surface area contributed by atoms with Gasteiger partial charge in [-0.3, -0.25) is 0 Å². The van der Waals surface area contributed by atoms with Gasteiger partial charge < -0.3 is 10.1 Å². The van der Waals surface area contributed by atoms with Crippen LogP contribution in [0.4, 0.5) is 5.13 Å². The molecule has 90 valence electrons. The van der Waals surface area contributed by atoms with Crippen molar-refractivity contribution >= 4 is 26.7 Å². The zero-order valence-electron chi connectivity index (χ0n) is 10.1. The van der Waals surface area contributed by atoms with E-state index in [0.717, 1.165) is 22.3 Å². The average molecular weight is 248 g/mol. The van der Waals surface area contributed by atoms with Gasteiger partial charge in [0.15, 0.2) is 5.13 Å². The Labute approximate surface area is 105 Å². The van der Waals surface area contributed by atoms with Gasteiger partial charge in [0, 0.05) is 6.04 Å². The normalized spacial score (nSPS) is 17.1. The molecule has 1 fully saturated rings. The maximum atomic E-state index is 5.22. The molecule has 1 heterocycles. The fourth-order valence-electron chi connectivity index (χ4n) is 2.00. The standard InChI is InChI=1S/C13H16N2OS/c1-8(9-3-4-9)14-13-15-11-6-5-10(16-2)7-12(11)17-13/h5-9H,3-4H2,1-2H3,(H,14,15). The summed E-state index contributed by atoms with van der Waals surface area (Å²) < 4.78 is 6.40. The predicted molar refractivity (Wildman–Crippen MR) is 72.0 cm³/mol. The number of ether oxygens (including phenoxy) is 1. The van der Waals surface area contributed by atoms with E-state index in [1.807, 2.05) is 18.2 Å². The number of hydrogen-bond acceptors (Lipinski definition) is 4. The lowest BCUT2D eigenvalue weighted by atomic mass is 10.2. The van der Waals surface area contributed by atoms with Crippen molar-refractivity contribution in [2.75, 3.05) is 12.4 Å². The second-order valence-corrected chi connectivity index (χ2v) is 5.65. The Hall–Kier alpha value is -1.29. The second-order valence-electron chi connectivity index (χ2n) is 4.62. The van der Waals surface area contributed by atoms with Crippen molar-refractivity contribution in [3.05, 3.63) is 18.2 Å². The number of anilines is 1. The molecule has 0 saturated heterocycles. The Morgan fingerprint density at radius 1 is 1.47 bits per heavy atom. The number of thiazole rings is 1. The van der Waals surface area contributed by atoms with Gasteiger partial charge in [0.25, 0.3) is 0 Å². The smallest absolute Gasteiger partial charge is 0.184 e. The summed E-state index contributed by atoms with van der Waals surface area (Å²) in [6.07, 6.45) is 2.71. The van der Waals surface area contributed by atoms with Gasteiger partial charge in [-0.05, 0) is 43.9 Å². The van der Waals surface area contributed by atoms with Gasteiger partial charge in [-0.15, -0.1) is 0 Å². The zero-order chi connectivity index (χ0) is 11.8. The molecule has 3 rings (SSSR count). The minimum absolute atomic E-state index is 0.539. The molecule has 1 aromatic heterocycles. The quantitative estimate of drug-likeness (QED) is 0.899. The van der Waals surface area contributed by atoms with Gasteiger partial charge in [0.1, 0.15) is 5.75 Å². The Kier molecular flexibility index (Phi) is 2.67. The van der Waals surface area contributed by atoms with Crippen LogP contribution < -0.4 is 10.1 Å². The van der Waals surface area contributed by atoms with Crippen LogP contribution in [0.15, 0.2) is 18.2 Å². The minimum atomic E-state index is 0.539. The summed E-state index contributed by atoms with van der Waals surface area (Å²) in [7, 11) is 1.69. The number of aromatic nitrogens is 1. The summed E-state index contributed by atoms with van der Waals surface area (Å²) in [4.78, 5) is 4.59. The molecule has 0 spiro atoms. The van der Waals surface area contributed by atoms with Crippen molar-refractivity contribution in [2.24, 2.45) is 5.92 Å². The molecular weight excluding hydrogens is 232 g/mol. The van der Waals surface area contributed by atoms with Gasteiger partial charge in [-0.25, -0.2) is 4.98 Å². The molecule has 3 nitrogen and oxygen atoms in total. The van der Waals surface area contributed by atoms with E-state index in [0.29, 0.717) is 6.04 Å². The molecule has 4 heteroatoms. The molecule has 1 N–H and O–H groups in total. The highest BCUT2D eigenvalue weighted by Gasteiger charge is 2.28. The van der Waals surface area contributed by atoms with Crippen LogP contribution in [0.3, 0.4) is 0 Å². The van der Waals surface area contributed by atoms with Gasteiger partial charge in [0.2, 0.25) is 0 Å². The van der Waals surface area contributed by atoms with Crippen molar-refractivity contribution in [1.29, 1.82) is 0 Å². The number of nitrogens with zero attached hydrogens (tertiary/aromatic N) is 1. The van der Waals surface area contributed by atoms with Crippen molar-refractivity contribution in [1.82, 2.24) is 4.98 Å². The van der Waals surface area contributed by atoms with Crippen LogP contribution in [0, 0.1) is 5.92 Å². The zero-order valence-corrected chi connectivity index (χ0v) is 10.9. The van der Waals surface area contributed by atoms with Crippen molar-refractivity contribution < 1.29 is 4.74 Å². The van der Waals surface area contributed by atoms with Crippen LogP contribution in [-0.4, -0.2) is 18.1 Å². The Balaban J connectivity index is 1.85. The lowest BCUT2D eigenvalue weighted by Crippen LogP contribution is -2.16. The molecule has 17 heavy (non-hydrogen) atoms. The predicted octanol–water partition coefficient (Wildman–Crippen LogP) is 3.52. The van der Waals surface area contributed by atoms with Gasteiger partial charge in [-0.2, -0.15) is 0 Å². The van der Waals surface area contributed by atoms with Crippen LogP contribution in [-0.2, 0) is 0 Å². The lowest BCUT2D eigenvalue weighted by Gasteiger charge is -2.10. The van der Waals surface area contributed by atoms with Crippen molar-refractivity contribution in [3.63, 3.8) is 0 Å². The molecule has 0 aliphatic heterocycles. The summed E-state index contributed by atoms with van der Waals surface area (Å²) in [5.41, 5.74) is 1.04. The van der Waals surface area contributed by atoms with Crippen molar-refractivity contribution in [3.8, 4) is 5.75 Å². The molecule has 1 atom stereocenters. The molecule has 1 aliphatic rings. The largest absolute Gasteiger partial charge is 0.497 e. The Morgan fingerprint density at radius 2 is 2.29 bits per heavy atom. The molecule has 1 saturated carbocycles. The fourth-order valence-corrected chi connectivity index (χ4v) is 2.99. The maximum Gasteiger partial charge on any atom is 0.184 e. The molecule has 1 unspecified atom stereocenters. The maximum absolute atomic E-state index is 5.22. The topological polar surface area (TPSA) is 34.1 Å². The lowest BCUT2D eigenvalue weighted by molar-refractivity contribution is 0.415. The summed E-state index contributed by atoms with van der Waals surface area (Å²) in [5.74, 6) is 1.74. The molecule has 2 aromatic rings. The van der Waals surface area contributed by atoms with E-state index in [4.69, 9.17) is 4.74 Å². The van der Waals surface area contributed by atoms with E-state index in [1.54, 1.807) is 18.4 Å². The first-order valence-electron chi connectivity index (χ1n) is 5.97. The SMILES string of the molecule is COc1ccc2nc(NC(C)C3CC3)sc2c1. The Morgan fingerprint density at radius 3 is 3.00 bits per heavy atom. The number of rotatable bonds is 4. The number of methoxy groups -OCH3 is 1. The van der Waals surface area contributed by atoms with E-state index in [9.17, 15) is 0 Å². The van der Waals surface area contributed by atoms with Crippen molar-refractivity contribution in [2.45, 2.75) is 25.8 Å². The second kappa shape index (κ2) is 4.18. The first-order valence-corrected chi connectivity index (χ1v) is 6.79. The van der Waals surface area contributed by atoms with E-state index >= 15 is 0 Å². The summed E-state index contributed by atoms with van der Waals surface area (Å²) in [5, 5.41) is 4.52. The third kappa shape index (κ3) is 2.22. The monoisotopic (exact) mass is 248 g/mol. The highest BCUT2D eigenvalue weighted by molar-refractivity contribution is 7.22. The molecule has 0 radical (unpaired) electrons. The third-order valence-corrected chi connectivity index (χ3v) is 4.23. The molecular formula is C13H16N2OS. The molecule has 1 aliphatic carbocycles. The Bertz CT molecular complexity index is 533. The molecule has 1 aromatic carbocycles. The highest BCUT2D eigenvalue weighted by atomic mass is 32.1. The van der Waals surface area contributed by atoms with Crippen LogP contribution in [0.25, 0.3) is 10.2 Å². The average Bonchev–Trinajstić information content (AvgIpc) is 3.10. The first kappa shape index (κ1) is 10.8. The van der Waals surface area contributed by atoms with Gasteiger partial charge >= 0.3 is 0 Å². The van der Waals surface area contributed by atoms with E-state index in [1.165, 1.54) is 17.5 Å². The van der Waals surface area contributed by atoms with Gasteiger partial charge in [-0.1, -0.05) is 11.3 Å². The summed E-state index contributed by atoms with van der Waals surface area (Å²) in [6.45, 7) is 2.24. The first-order chi connectivity index (χ1) is 8.26. The van der Waals surface area contributed by atoms with Crippen LogP contribution in [0.2, 0.25) is 0 Å². The molecule has 0 amide bonds. The highest BCUT2D eigenvalue weighted by Crippen LogP contribution is 2.35. The van der Waals surface area contributed by atoms with Crippen LogP contribution >= 0.6 is 11.3 Å². The van der Waals surface area contributed by atoms with E-state index < -0.39 is 0 Å². The van der Waals surface area contributed by atoms with E-state index in [2.05, 4.69) is 17.2 Å². The fraction of sp³-hybridized carbons (Fsp3) is 0.462. The van der Waals surface area contributed by atoms with Crippen LogP contribution in [0.1, 0.15) is 19.8 Å². The summed E-state index contributed by atoms with van der Waals surface area (Å²) in [6, 6.07) is 6.55. The summed E-state index contributed by atoms with van der Waals surface area (Å²) >= 11 is 1.70.